The fraction of sp³-hybridized carbons (Fsp3) is 0.400. The van der Waals surface area contributed by atoms with E-state index in [2.05, 4.69) is 11.3 Å². The van der Waals surface area contributed by atoms with Gasteiger partial charge in [0, 0.05) is 0 Å². The molecule has 0 bridgehead atoms. The van der Waals surface area contributed by atoms with Crippen molar-refractivity contribution in [3.63, 3.8) is 0 Å². The Morgan fingerprint density at radius 2 is 2.50 bits per heavy atom. The maximum Gasteiger partial charge on any atom is 0.326 e. The number of hydrogen-bond acceptors (Lipinski definition) is 3. The smallest absolute Gasteiger partial charge is 0.326 e. The van der Waals surface area contributed by atoms with Crippen molar-refractivity contribution in [2.24, 2.45) is 5.73 Å². The molecule has 0 unspecified atom stereocenters. The van der Waals surface area contributed by atoms with Crippen LogP contribution in [0.1, 0.15) is 0 Å². The molecule has 3 heteroatoms. The summed E-state index contributed by atoms with van der Waals surface area (Å²) in [4.78, 5) is 10.3. The minimum absolute atomic E-state index is 0.458. The number of carbonyl (C=O) groups is 1. The number of methoxy groups -OCH3 is 1. The molecule has 0 heterocycles. The zero-order chi connectivity index (χ0) is 6.57. The minimum Gasteiger partial charge on any atom is -0.468 e. The molecule has 0 aromatic rings. The van der Waals surface area contributed by atoms with Gasteiger partial charge in [0.1, 0.15) is 6.04 Å². The highest BCUT2D eigenvalue weighted by Gasteiger charge is 2.06. The molecule has 0 aromatic heterocycles. The lowest BCUT2D eigenvalue weighted by atomic mass is 10.3. The van der Waals surface area contributed by atoms with E-state index in [1.807, 2.05) is 0 Å². The summed E-state index contributed by atoms with van der Waals surface area (Å²) < 4.78 is 4.27. The number of ether oxygens (including phenoxy) is 1. The lowest BCUT2D eigenvalue weighted by Gasteiger charge is -2.00. The molecule has 0 amide bonds. The predicted molar refractivity (Wildman–Crippen MR) is 30.2 cm³/mol. The van der Waals surface area contributed by atoms with E-state index < -0.39 is 12.0 Å². The number of rotatable bonds is 2. The number of esters is 1. The minimum atomic E-state index is -0.681. The Balaban J connectivity index is 3.62. The lowest BCUT2D eigenvalue weighted by molar-refractivity contribution is -0.140. The third-order valence-electron chi connectivity index (χ3n) is 0.727. The van der Waals surface area contributed by atoms with E-state index in [0.29, 0.717) is 0 Å². The van der Waals surface area contributed by atoms with Gasteiger partial charge < -0.3 is 10.5 Å². The predicted octanol–water partition coefficient (Wildman–Crippen LogP) is -0.327. The van der Waals surface area contributed by atoms with Gasteiger partial charge >= 0.3 is 5.97 Å². The number of hydrogen-bond donors (Lipinski definition) is 1. The van der Waals surface area contributed by atoms with Gasteiger partial charge in [0.15, 0.2) is 0 Å². The molecule has 0 aliphatic rings. The first-order valence-electron chi connectivity index (χ1n) is 2.18. The topological polar surface area (TPSA) is 52.3 Å². The number of nitrogens with two attached hydrogens (primary N) is 1. The summed E-state index contributed by atoms with van der Waals surface area (Å²) in [5.41, 5.74) is 5.13. The third-order valence-corrected chi connectivity index (χ3v) is 0.727. The molecule has 3 nitrogen and oxygen atoms in total. The van der Waals surface area contributed by atoms with Gasteiger partial charge in [-0.2, -0.15) is 0 Å². The Hall–Kier alpha value is -0.830. The largest absolute Gasteiger partial charge is 0.468 e. The van der Waals surface area contributed by atoms with Crippen molar-refractivity contribution in [1.82, 2.24) is 0 Å². The van der Waals surface area contributed by atoms with Gasteiger partial charge in [0.25, 0.3) is 0 Å². The fourth-order valence-electron chi connectivity index (χ4n) is 0.232. The maximum atomic E-state index is 10.3. The van der Waals surface area contributed by atoms with E-state index in [1.165, 1.54) is 13.2 Å². The first-order valence-corrected chi connectivity index (χ1v) is 2.18. The lowest BCUT2D eigenvalue weighted by Crippen LogP contribution is -2.28. The van der Waals surface area contributed by atoms with Crippen LogP contribution in [0.15, 0.2) is 12.7 Å². The van der Waals surface area contributed by atoms with E-state index in [1.54, 1.807) is 0 Å². The summed E-state index contributed by atoms with van der Waals surface area (Å²) >= 11 is 0. The molecule has 0 aliphatic carbocycles. The van der Waals surface area contributed by atoms with E-state index in [9.17, 15) is 4.79 Å². The highest BCUT2D eigenvalue weighted by Crippen LogP contribution is 1.81. The van der Waals surface area contributed by atoms with Crippen LogP contribution < -0.4 is 5.73 Å². The van der Waals surface area contributed by atoms with Gasteiger partial charge in [-0.05, 0) is 0 Å². The normalized spacial score (nSPS) is 12.2. The Kier molecular flexibility index (Phi) is 2.88. The summed E-state index contributed by atoms with van der Waals surface area (Å²) in [7, 11) is 1.28. The molecule has 0 fully saturated rings. The second kappa shape index (κ2) is 3.21. The Labute approximate surface area is 48.1 Å². The molecule has 46 valence electrons. The van der Waals surface area contributed by atoms with Crippen molar-refractivity contribution in [2.75, 3.05) is 7.11 Å². The first kappa shape index (κ1) is 7.17. The van der Waals surface area contributed by atoms with Crippen molar-refractivity contribution in [3.8, 4) is 0 Å². The van der Waals surface area contributed by atoms with Crippen LogP contribution in [0, 0.1) is 0 Å². The quantitative estimate of drug-likeness (QED) is 0.396. The molecule has 0 radical (unpaired) electrons. The molecule has 0 saturated carbocycles. The monoisotopic (exact) mass is 115 g/mol. The second-order valence-corrected chi connectivity index (χ2v) is 1.28. The summed E-state index contributed by atoms with van der Waals surface area (Å²) in [6.07, 6.45) is 1.33. The SMILES string of the molecule is C=C[C@@H](N)C(=O)OC. The zero-order valence-electron chi connectivity index (χ0n) is 4.76. The van der Waals surface area contributed by atoms with Crippen molar-refractivity contribution in [1.29, 1.82) is 0 Å². The van der Waals surface area contributed by atoms with Gasteiger partial charge in [-0.15, -0.1) is 6.58 Å². The van der Waals surface area contributed by atoms with Crippen LogP contribution in [0.25, 0.3) is 0 Å². The van der Waals surface area contributed by atoms with Crippen molar-refractivity contribution in [2.45, 2.75) is 6.04 Å². The Bertz CT molecular complexity index is 101. The summed E-state index contributed by atoms with van der Waals surface area (Å²) in [6, 6.07) is -0.681. The van der Waals surface area contributed by atoms with Crippen LogP contribution in [0.4, 0.5) is 0 Å². The van der Waals surface area contributed by atoms with Crippen LogP contribution in [0.5, 0.6) is 0 Å². The van der Waals surface area contributed by atoms with Crippen molar-refractivity contribution >= 4 is 5.97 Å². The molecule has 0 aliphatic heterocycles. The molecular weight excluding hydrogens is 106 g/mol. The van der Waals surface area contributed by atoms with Crippen LogP contribution in [-0.4, -0.2) is 19.1 Å². The van der Waals surface area contributed by atoms with Gasteiger partial charge in [0.2, 0.25) is 0 Å². The zero-order valence-corrected chi connectivity index (χ0v) is 4.76. The van der Waals surface area contributed by atoms with Gasteiger partial charge in [-0.25, -0.2) is 0 Å². The highest BCUT2D eigenvalue weighted by atomic mass is 16.5. The molecule has 1 atom stereocenters. The number of carbonyl (C=O) groups excluding carboxylic acids is 1. The standard InChI is InChI=1S/C5H9NO2/c1-3-4(6)5(7)8-2/h3-4H,1,6H2,2H3/t4-/m1/s1. The average Bonchev–Trinajstić information content (AvgIpc) is 1.84. The van der Waals surface area contributed by atoms with Gasteiger partial charge in [0.05, 0.1) is 7.11 Å². The molecule has 8 heavy (non-hydrogen) atoms. The van der Waals surface area contributed by atoms with Gasteiger partial charge in [-0.1, -0.05) is 6.08 Å². The van der Waals surface area contributed by atoms with Crippen molar-refractivity contribution in [3.05, 3.63) is 12.7 Å². The molecule has 2 N–H and O–H groups in total. The third kappa shape index (κ3) is 1.75. The van der Waals surface area contributed by atoms with Crippen molar-refractivity contribution < 1.29 is 9.53 Å². The van der Waals surface area contributed by atoms with Crippen LogP contribution in [0.3, 0.4) is 0 Å². The molecule has 0 spiro atoms. The van der Waals surface area contributed by atoms with E-state index in [4.69, 9.17) is 5.73 Å². The van der Waals surface area contributed by atoms with Crippen LogP contribution in [-0.2, 0) is 9.53 Å². The highest BCUT2D eigenvalue weighted by molar-refractivity contribution is 5.77. The van der Waals surface area contributed by atoms with Crippen LogP contribution >= 0.6 is 0 Å². The van der Waals surface area contributed by atoms with E-state index in [0.717, 1.165) is 0 Å². The maximum absolute atomic E-state index is 10.3. The average molecular weight is 115 g/mol. The molecule has 0 saturated heterocycles. The van der Waals surface area contributed by atoms with Gasteiger partial charge in [-0.3, -0.25) is 4.79 Å². The fourth-order valence-corrected chi connectivity index (χ4v) is 0.232. The summed E-state index contributed by atoms with van der Waals surface area (Å²) in [6.45, 7) is 3.30. The second-order valence-electron chi connectivity index (χ2n) is 1.28. The Morgan fingerprint density at radius 1 is 2.00 bits per heavy atom. The molecule has 0 rings (SSSR count). The van der Waals surface area contributed by atoms with E-state index in [-0.39, 0.29) is 0 Å². The summed E-state index contributed by atoms with van der Waals surface area (Å²) in [5, 5.41) is 0. The van der Waals surface area contributed by atoms with Crippen LogP contribution in [0.2, 0.25) is 0 Å². The van der Waals surface area contributed by atoms with E-state index >= 15 is 0 Å². The summed E-state index contributed by atoms with van der Waals surface area (Å²) in [5.74, 6) is -0.458. The Morgan fingerprint density at radius 3 is 2.62 bits per heavy atom. The first-order chi connectivity index (χ1) is 3.72. The molecule has 0 aromatic carbocycles. The molecular formula is C5H9NO2.